The number of aryl methyl sites for hydroxylation is 1. The Balaban J connectivity index is 2.03. The van der Waals surface area contributed by atoms with Crippen molar-refractivity contribution in [2.45, 2.75) is 44.8 Å². The number of rotatable bonds is 5. The molecule has 1 fully saturated rings. The van der Waals surface area contributed by atoms with E-state index in [0.29, 0.717) is 6.54 Å². The van der Waals surface area contributed by atoms with Crippen molar-refractivity contribution in [2.75, 3.05) is 13.7 Å². The third-order valence-corrected chi connectivity index (χ3v) is 3.87. The van der Waals surface area contributed by atoms with Crippen LogP contribution in [0.5, 0.6) is 5.75 Å². The lowest BCUT2D eigenvalue weighted by molar-refractivity contribution is -0.0329. The molecule has 0 radical (unpaired) electrons. The van der Waals surface area contributed by atoms with Gasteiger partial charge in [-0.1, -0.05) is 17.7 Å². The molecule has 0 heterocycles. The Morgan fingerprint density at radius 2 is 2.17 bits per heavy atom. The number of ether oxygens (including phenoxy) is 1. The quantitative estimate of drug-likeness (QED) is 0.842. The van der Waals surface area contributed by atoms with Crippen molar-refractivity contribution < 1.29 is 9.84 Å². The maximum Gasteiger partial charge on any atom is 0.123 e. The molecular formula is C15H23NO2. The second-order valence-electron chi connectivity index (χ2n) is 5.43. The first-order valence-electron chi connectivity index (χ1n) is 6.64. The zero-order valence-corrected chi connectivity index (χ0v) is 11.5. The Morgan fingerprint density at radius 3 is 2.72 bits per heavy atom. The molecule has 0 bridgehead atoms. The first-order chi connectivity index (χ1) is 8.54. The normalized spacial score (nSPS) is 19.1. The summed E-state index contributed by atoms with van der Waals surface area (Å²) in [5, 5.41) is 13.5. The highest BCUT2D eigenvalue weighted by atomic mass is 16.5. The van der Waals surface area contributed by atoms with Crippen molar-refractivity contribution in [2.24, 2.45) is 0 Å². The van der Waals surface area contributed by atoms with Gasteiger partial charge in [-0.2, -0.15) is 0 Å². The van der Waals surface area contributed by atoms with Crippen LogP contribution in [-0.4, -0.2) is 24.4 Å². The molecule has 0 spiro atoms. The Hall–Kier alpha value is -1.06. The lowest BCUT2D eigenvalue weighted by Crippen LogP contribution is -2.46. The summed E-state index contributed by atoms with van der Waals surface area (Å²) in [5.41, 5.74) is 1.90. The fourth-order valence-corrected chi connectivity index (χ4v) is 2.41. The van der Waals surface area contributed by atoms with Crippen molar-refractivity contribution in [3.63, 3.8) is 0 Å². The van der Waals surface area contributed by atoms with Gasteiger partial charge in [0.2, 0.25) is 0 Å². The van der Waals surface area contributed by atoms with Gasteiger partial charge in [0, 0.05) is 18.2 Å². The van der Waals surface area contributed by atoms with E-state index >= 15 is 0 Å². The van der Waals surface area contributed by atoms with Crippen molar-refractivity contribution in [3.05, 3.63) is 29.3 Å². The third kappa shape index (κ3) is 2.85. The van der Waals surface area contributed by atoms with Crippen LogP contribution in [0.1, 0.15) is 43.4 Å². The standard InChI is InChI=1S/C15H23NO2/c1-11-5-6-14(18-3)13(9-11)12(2)16-10-15(17)7-4-8-15/h5-6,9,12,16-17H,4,7-8,10H2,1-3H3. The number of hydrogen-bond donors (Lipinski definition) is 2. The van der Waals surface area contributed by atoms with Crippen LogP contribution in [0.15, 0.2) is 18.2 Å². The molecule has 1 saturated carbocycles. The highest BCUT2D eigenvalue weighted by molar-refractivity contribution is 5.38. The molecule has 1 aromatic rings. The summed E-state index contributed by atoms with van der Waals surface area (Å²) in [7, 11) is 1.69. The fourth-order valence-electron chi connectivity index (χ4n) is 2.41. The summed E-state index contributed by atoms with van der Waals surface area (Å²) in [4.78, 5) is 0. The number of hydrogen-bond acceptors (Lipinski definition) is 3. The van der Waals surface area contributed by atoms with Crippen LogP contribution in [0, 0.1) is 6.92 Å². The minimum atomic E-state index is -0.481. The van der Waals surface area contributed by atoms with Crippen LogP contribution in [0.25, 0.3) is 0 Å². The first-order valence-corrected chi connectivity index (χ1v) is 6.64. The van der Waals surface area contributed by atoms with Gasteiger partial charge >= 0.3 is 0 Å². The van der Waals surface area contributed by atoms with Crippen LogP contribution in [-0.2, 0) is 0 Å². The van der Waals surface area contributed by atoms with Gasteiger partial charge in [0.1, 0.15) is 5.75 Å². The van der Waals surface area contributed by atoms with E-state index in [2.05, 4.69) is 31.3 Å². The van der Waals surface area contributed by atoms with Crippen molar-refractivity contribution >= 4 is 0 Å². The summed E-state index contributed by atoms with van der Waals surface area (Å²) in [6.45, 7) is 4.85. The van der Waals surface area contributed by atoms with Gasteiger partial charge in [-0.15, -0.1) is 0 Å². The maximum atomic E-state index is 10.1. The molecule has 1 aliphatic rings. The molecule has 3 nitrogen and oxygen atoms in total. The van der Waals surface area contributed by atoms with Gasteiger partial charge in [0.15, 0.2) is 0 Å². The predicted molar refractivity (Wildman–Crippen MR) is 72.9 cm³/mol. The molecule has 18 heavy (non-hydrogen) atoms. The van der Waals surface area contributed by atoms with E-state index < -0.39 is 5.60 Å². The Morgan fingerprint density at radius 1 is 1.44 bits per heavy atom. The molecule has 1 atom stereocenters. The van der Waals surface area contributed by atoms with Crippen molar-refractivity contribution in [1.82, 2.24) is 5.32 Å². The molecule has 0 aliphatic heterocycles. The summed E-state index contributed by atoms with van der Waals surface area (Å²) >= 11 is 0. The zero-order chi connectivity index (χ0) is 13.2. The van der Waals surface area contributed by atoms with E-state index in [4.69, 9.17) is 4.74 Å². The van der Waals surface area contributed by atoms with E-state index in [1.165, 1.54) is 5.56 Å². The molecular weight excluding hydrogens is 226 g/mol. The average molecular weight is 249 g/mol. The van der Waals surface area contributed by atoms with Crippen molar-refractivity contribution in [1.29, 1.82) is 0 Å². The van der Waals surface area contributed by atoms with Crippen LogP contribution in [0.3, 0.4) is 0 Å². The monoisotopic (exact) mass is 249 g/mol. The van der Waals surface area contributed by atoms with Gasteiger partial charge < -0.3 is 15.2 Å². The molecule has 0 saturated heterocycles. The lowest BCUT2D eigenvalue weighted by Gasteiger charge is -2.37. The van der Waals surface area contributed by atoms with Gasteiger partial charge in [-0.25, -0.2) is 0 Å². The summed E-state index contributed by atoms with van der Waals surface area (Å²) in [5.74, 6) is 0.904. The molecule has 100 valence electrons. The molecule has 2 rings (SSSR count). The Labute approximate surface area is 109 Å². The molecule has 2 N–H and O–H groups in total. The maximum absolute atomic E-state index is 10.1. The smallest absolute Gasteiger partial charge is 0.123 e. The van der Waals surface area contributed by atoms with Crippen LogP contribution >= 0.6 is 0 Å². The molecule has 0 aromatic heterocycles. The average Bonchev–Trinajstić information content (AvgIpc) is 2.33. The van der Waals surface area contributed by atoms with Gasteiger partial charge in [0.25, 0.3) is 0 Å². The summed E-state index contributed by atoms with van der Waals surface area (Å²) < 4.78 is 5.39. The second-order valence-corrected chi connectivity index (χ2v) is 5.43. The molecule has 1 unspecified atom stereocenters. The fraction of sp³-hybridized carbons (Fsp3) is 0.600. The number of nitrogens with one attached hydrogen (secondary N) is 1. The van der Waals surface area contributed by atoms with Gasteiger partial charge in [-0.3, -0.25) is 0 Å². The van der Waals surface area contributed by atoms with Crippen LogP contribution in [0.2, 0.25) is 0 Å². The van der Waals surface area contributed by atoms with E-state index in [1.807, 2.05) is 6.07 Å². The molecule has 3 heteroatoms. The van der Waals surface area contributed by atoms with Gasteiger partial charge in [-0.05, 0) is 39.2 Å². The predicted octanol–water partition coefficient (Wildman–Crippen LogP) is 2.57. The Bertz CT molecular complexity index is 413. The van der Waals surface area contributed by atoms with E-state index in [1.54, 1.807) is 7.11 Å². The van der Waals surface area contributed by atoms with Crippen molar-refractivity contribution in [3.8, 4) is 5.75 Å². The molecule has 1 aliphatic carbocycles. The molecule has 0 amide bonds. The topological polar surface area (TPSA) is 41.5 Å². The molecule has 1 aromatic carbocycles. The van der Waals surface area contributed by atoms with Crippen LogP contribution < -0.4 is 10.1 Å². The minimum absolute atomic E-state index is 0.185. The second kappa shape index (κ2) is 5.29. The minimum Gasteiger partial charge on any atom is -0.496 e. The first kappa shape index (κ1) is 13.4. The number of methoxy groups -OCH3 is 1. The SMILES string of the molecule is COc1ccc(C)cc1C(C)NCC1(O)CCC1. The third-order valence-electron chi connectivity index (χ3n) is 3.87. The summed E-state index contributed by atoms with van der Waals surface area (Å²) in [6.07, 6.45) is 2.97. The number of benzene rings is 1. The Kier molecular flexibility index (Phi) is 3.93. The highest BCUT2D eigenvalue weighted by Gasteiger charge is 2.34. The van der Waals surface area contributed by atoms with E-state index in [0.717, 1.165) is 30.6 Å². The largest absolute Gasteiger partial charge is 0.496 e. The van der Waals surface area contributed by atoms with E-state index in [-0.39, 0.29) is 6.04 Å². The highest BCUT2D eigenvalue weighted by Crippen LogP contribution is 2.32. The zero-order valence-electron chi connectivity index (χ0n) is 11.5. The van der Waals surface area contributed by atoms with E-state index in [9.17, 15) is 5.11 Å². The van der Waals surface area contributed by atoms with Crippen LogP contribution in [0.4, 0.5) is 0 Å². The number of aliphatic hydroxyl groups is 1. The van der Waals surface area contributed by atoms with Gasteiger partial charge in [0.05, 0.1) is 12.7 Å². The summed E-state index contributed by atoms with van der Waals surface area (Å²) in [6, 6.07) is 6.38. The lowest BCUT2D eigenvalue weighted by atomic mass is 9.80.